The minimum Gasteiger partial charge on any atom is -0.294 e. The van der Waals surface area contributed by atoms with Crippen molar-refractivity contribution in [2.24, 2.45) is 0 Å². The fraction of sp³-hybridized carbons (Fsp3) is 0.273. The summed E-state index contributed by atoms with van der Waals surface area (Å²) < 4.78 is 27.4. The molecule has 3 aromatic carbocycles. The van der Waals surface area contributed by atoms with Gasteiger partial charge in [0.15, 0.2) is 4.90 Å². The molecule has 1 aliphatic rings. The van der Waals surface area contributed by atoms with Crippen LogP contribution in [0.15, 0.2) is 71.6 Å². The molecule has 1 aliphatic heterocycles. The molecule has 7 nitrogen and oxygen atoms in total. The van der Waals surface area contributed by atoms with Crippen LogP contribution >= 0.6 is 0 Å². The van der Waals surface area contributed by atoms with Gasteiger partial charge in [0.1, 0.15) is 0 Å². The number of nitro groups is 1. The first-order valence-electron chi connectivity index (χ1n) is 9.84. The highest BCUT2D eigenvalue weighted by molar-refractivity contribution is 7.89. The molecule has 0 bridgehead atoms. The van der Waals surface area contributed by atoms with E-state index in [1.54, 1.807) is 0 Å². The third-order valence-electron chi connectivity index (χ3n) is 5.76. The van der Waals surface area contributed by atoms with Gasteiger partial charge in [-0.2, -0.15) is 4.31 Å². The minimum absolute atomic E-state index is 0.144. The van der Waals surface area contributed by atoms with Gasteiger partial charge in [0.25, 0.3) is 5.69 Å². The van der Waals surface area contributed by atoms with Crippen molar-refractivity contribution in [2.75, 3.05) is 26.2 Å². The molecule has 1 unspecified atom stereocenters. The fourth-order valence-electron chi connectivity index (χ4n) is 3.97. The zero-order valence-corrected chi connectivity index (χ0v) is 17.5. The SMILES string of the molecule is CC(c1ccc2ccccc2c1)N1CCN(S(=O)(=O)c2ccccc2[N+](=O)[O-])CC1. The monoisotopic (exact) mass is 425 g/mol. The van der Waals surface area contributed by atoms with Gasteiger partial charge in [-0.1, -0.05) is 48.5 Å². The van der Waals surface area contributed by atoms with Crippen LogP contribution in [0.1, 0.15) is 18.5 Å². The summed E-state index contributed by atoms with van der Waals surface area (Å²) >= 11 is 0. The normalized spacial score (nSPS) is 17.1. The molecule has 1 heterocycles. The zero-order chi connectivity index (χ0) is 21.3. The van der Waals surface area contributed by atoms with E-state index in [2.05, 4.69) is 42.2 Å². The molecule has 0 aliphatic carbocycles. The summed E-state index contributed by atoms with van der Waals surface area (Å²) in [7, 11) is -3.92. The van der Waals surface area contributed by atoms with Crippen LogP contribution in [0.2, 0.25) is 0 Å². The Bertz CT molecular complexity index is 1190. The fourth-order valence-corrected chi connectivity index (χ4v) is 5.55. The largest absolute Gasteiger partial charge is 0.294 e. The van der Waals surface area contributed by atoms with Crippen LogP contribution in [0.25, 0.3) is 10.8 Å². The standard InChI is InChI=1S/C22H23N3O4S/c1-17(19-11-10-18-6-2-3-7-20(18)16-19)23-12-14-24(15-13-23)30(28,29)22-9-5-4-8-21(22)25(26)27/h2-11,16-17H,12-15H2,1H3. The molecule has 0 aromatic heterocycles. The highest BCUT2D eigenvalue weighted by Gasteiger charge is 2.34. The van der Waals surface area contributed by atoms with Crippen molar-refractivity contribution in [3.63, 3.8) is 0 Å². The maximum Gasteiger partial charge on any atom is 0.289 e. The molecule has 30 heavy (non-hydrogen) atoms. The molecule has 156 valence electrons. The van der Waals surface area contributed by atoms with Gasteiger partial charge in [-0.05, 0) is 35.4 Å². The molecule has 1 saturated heterocycles. The van der Waals surface area contributed by atoms with Gasteiger partial charge in [0.2, 0.25) is 10.0 Å². The summed E-state index contributed by atoms with van der Waals surface area (Å²) in [6, 6.07) is 20.3. The van der Waals surface area contributed by atoms with Gasteiger partial charge in [0.05, 0.1) is 4.92 Å². The Labute approximate surface area is 175 Å². The third-order valence-corrected chi connectivity index (χ3v) is 7.70. The molecule has 0 radical (unpaired) electrons. The first kappa shape index (κ1) is 20.5. The maximum absolute atomic E-state index is 13.0. The van der Waals surface area contributed by atoms with Gasteiger partial charge in [-0.3, -0.25) is 15.0 Å². The van der Waals surface area contributed by atoms with Gasteiger partial charge in [-0.25, -0.2) is 8.42 Å². The van der Waals surface area contributed by atoms with Crippen LogP contribution in [0, 0.1) is 10.1 Å². The summed E-state index contributed by atoms with van der Waals surface area (Å²) in [5.41, 5.74) is 0.799. The van der Waals surface area contributed by atoms with Gasteiger partial charge in [0, 0.05) is 38.3 Å². The number of hydrogen-bond acceptors (Lipinski definition) is 5. The van der Waals surface area contributed by atoms with Crippen LogP contribution in [-0.4, -0.2) is 48.7 Å². The lowest BCUT2D eigenvalue weighted by Gasteiger charge is -2.37. The van der Waals surface area contributed by atoms with E-state index < -0.39 is 14.9 Å². The summed E-state index contributed by atoms with van der Waals surface area (Å²) in [5, 5.41) is 13.6. The quantitative estimate of drug-likeness (QED) is 0.458. The van der Waals surface area contributed by atoms with E-state index in [0.29, 0.717) is 26.2 Å². The number of hydrogen-bond donors (Lipinski definition) is 0. The van der Waals surface area contributed by atoms with Crippen LogP contribution in [-0.2, 0) is 10.0 Å². The Hall–Kier alpha value is -2.81. The van der Waals surface area contributed by atoms with Crippen LogP contribution in [0.5, 0.6) is 0 Å². The summed E-state index contributed by atoms with van der Waals surface area (Å²) in [5.74, 6) is 0. The van der Waals surface area contributed by atoms with E-state index in [1.807, 2.05) is 12.1 Å². The molecule has 0 amide bonds. The molecule has 8 heteroatoms. The van der Waals surface area contributed by atoms with Crippen molar-refractivity contribution in [1.29, 1.82) is 0 Å². The second kappa shape index (κ2) is 8.14. The number of piperazine rings is 1. The van der Waals surface area contributed by atoms with Gasteiger partial charge in [-0.15, -0.1) is 0 Å². The highest BCUT2D eigenvalue weighted by Crippen LogP contribution is 2.29. The van der Waals surface area contributed by atoms with E-state index in [1.165, 1.54) is 44.9 Å². The third kappa shape index (κ3) is 3.81. The second-order valence-electron chi connectivity index (χ2n) is 7.45. The Morgan fingerprint density at radius 1 is 0.900 bits per heavy atom. The molecular formula is C22H23N3O4S. The maximum atomic E-state index is 13.0. The van der Waals surface area contributed by atoms with E-state index in [0.717, 1.165) is 0 Å². The second-order valence-corrected chi connectivity index (χ2v) is 9.35. The lowest BCUT2D eigenvalue weighted by atomic mass is 10.0. The zero-order valence-electron chi connectivity index (χ0n) is 16.6. The molecule has 0 saturated carbocycles. The molecule has 1 atom stereocenters. The van der Waals surface area contributed by atoms with Crippen molar-refractivity contribution in [1.82, 2.24) is 9.21 Å². The molecule has 0 N–H and O–H groups in total. The number of rotatable bonds is 5. The Morgan fingerprint density at radius 2 is 1.53 bits per heavy atom. The number of fused-ring (bicyclic) bond motifs is 1. The van der Waals surface area contributed by atoms with Crippen LogP contribution < -0.4 is 0 Å². The average molecular weight is 426 g/mol. The van der Waals surface area contributed by atoms with Crippen molar-refractivity contribution in [3.05, 3.63) is 82.4 Å². The van der Waals surface area contributed by atoms with Crippen LogP contribution in [0.4, 0.5) is 5.69 Å². The Kier molecular flexibility index (Phi) is 5.55. The molecule has 0 spiro atoms. The topological polar surface area (TPSA) is 83.8 Å². The smallest absolute Gasteiger partial charge is 0.289 e. The van der Waals surface area contributed by atoms with Crippen molar-refractivity contribution >= 4 is 26.5 Å². The van der Waals surface area contributed by atoms with E-state index in [9.17, 15) is 18.5 Å². The predicted molar refractivity (Wildman–Crippen MR) is 116 cm³/mol. The van der Waals surface area contributed by atoms with Crippen molar-refractivity contribution in [3.8, 4) is 0 Å². The number of sulfonamides is 1. The highest BCUT2D eigenvalue weighted by atomic mass is 32.2. The molecule has 1 fully saturated rings. The van der Waals surface area contributed by atoms with E-state index in [-0.39, 0.29) is 16.6 Å². The lowest BCUT2D eigenvalue weighted by Crippen LogP contribution is -2.49. The lowest BCUT2D eigenvalue weighted by molar-refractivity contribution is -0.387. The summed E-state index contributed by atoms with van der Waals surface area (Å²) in [6.07, 6.45) is 0. The molecule has 4 rings (SSSR count). The number of para-hydroxylation sites is 1. The van der Waals surface area contributed by atoms with E-state index in [4.69, 9.17) is 0 Å². The predicted octanol–water partition coefficient (Wildman–Crippen LogP) is 3.82. The minimum atomic E-state index is -3.92. The number of nitrogens with zero attached hydrogens (tertiary/aromatic N) is 3. The summed E-state index contributed by atoms with van der Waals surface area (Å²) in [4.78, 5) is 12.6. The average Bonchev–Trinajstić information content (AvgIpc) is 2.78. The van der Waals surface area contributed by atoms with Crippen molar-refractivity contribution in [2.45, 2.75) is 17.9 Å². The first-order valence-corrected chi connectivity index (χ1v) is 11.3. The van der Waals surface area contributed by atoms with Gasteiger partial charge >= 0.3 is 0 Å². The summed E-state index contributed by atoms with van der Waals surface area (Å²) in [6.45, 7) is 3.84. The first-order chi connectivity index (χ1) is 14.4. The number of nitro benzene ring substituents is 1. The molecule has 3 aromatic rings. The molecular weight excluding hydrogens is 402 g/mol. The Morgan fingerprint density at radius 3 is 2.23 bits per heavy atom. The van der Waals surface area contributed by atoms with Crippen LogP contribution in [0.3, 0.4) is 0 Å². The van der Waals surface area contributed by atoms with Crippen molar-refractivity contribution < 1.29 is 13.3 Å². The number of benzene rings is 3. The van der Waals surface area contributed by atoms with Gasteiger partial charge < -0.3 is 0 Å². The van der Waals surface area contributed by atoms with E-state index >= 15 is 0 Å². The Balaban J connectivity index is 1.50.